The Bertz CT molecular complexity index is 2040. The highest BCUT2D eigenvalue weighted by atomic mass is 15.0. The highest BCUT2D eigenvalue weighted by Crippen LogP contribution is 2.57. The van der Waals surface area contributed by atoms with E-state index in [-0.39, 0.29) is 5.41 Å². The molecular formula is C39H29N5. The Morgan fingerprint density at radius 2 is 1.27 bits per heavy atom. The minimum atomic E-state index is -0.0773. The predicted octanol–water partition coefficient (Wildman–Crippen LogP) is 9.04. The smallest absolute Gasteiger partial charge is 0.164 e. The Kier molecular flexibility index (Phi) is 6.34. The van der Waals surface area contributed by atoms with Gasteiger partial charge < -0.3 is 0 Å². The van der Waals surface area contributed by atoms with E-state index in [2.05, 4.69) is 71.7 Å². The Morgan fingerprint density at radius 1 is 0.568 bits per heavy atom. The Labute approximate surface area is 257 Å². The third-order valence-electron chi connectivity index (χ3n) is 9.27. The minimum Gasteiger partial charge on any atom is -0.264 e. The molecular weight excluding hydrogens is 538 g/mol. The molecule has 4 aromatic carbocycles. The molecule has 0 atom stereocenters. The van der Waals surface area contributed by atoms with E-state index in [4.69, 9.17) is 15.0 Å². The molecule has 0 radical (unpaired) electrons. The van der Waals surface area contributed by atoms with E-state index in [0.717, 1.165) is 40.7 Å². The molecule has 44 heavy (non-hydrogen) atoms. The van der Waals surface area contributed by atoms with Gasteiger partial charge in [0.1, 0.15) is 0 Å². The number of hydrogen-bond acceptors (Lipinski definition) is 5. The molecule has 2 aliphatic rings. The van der Waals surface area contributed by atoms with Crippen LogP contribution in [0.25, 0.3) is 56.4 Å². The van der Waals surface area contributed by atoms with Gasteiger partial charge in [-0.25, -0.2) is 15.0 Å². The van der Waals surface area contributed by atoms with Crippen molar-refractivity contribution in [2.24, 2.45) is 0 Å². The highest BCUT2D eigenvalue weighted by molar-refractivity contribution is 5.92. The van der Waals surface area contributed by atoms with Crippen molar-refractivity contribution in [2.75, 3.05) is 0 Å². The SMILES string of the molecule is N#Cc1ccc2c(c1)C1(CCCCC1)c1cccc(-c3nc(-c4ccccc4)nc(-c4ccc(-c5cccnc5)cc4)n3)c1-2. The van der Waals surface area contributed by atoms with Crippen LogP contribution >= 0.6 is 0 Å². The number of nitrogens with zero attached hydrogens (tertiary/aromatic N) is 5. The first-order valence-corrected chi connectivity index (χ1v) is 15.2. The van der Waals surface area contributed by atoms with E-state index in [9.17, 15) is 5.26 Å². The van der Waals surface area contributed by atoms with Crippen LogP contribution in [0.3, 0.4) is 0 Å². The lowest BCUT2D eigenvalue weighted by atomic mass is 9.67. The molecule has 0 amide bonds. The summed E-state index contributed by atoms with van der Waals surface area (Å²) >= 11 is 0. The molecule has 0 saturated heterocycles. The molecule has 0 bridgehead atoms. The van der Waals surface area contributed by atoms with Gasteiger partial charge in [-0.1, -0.05) is 104 Å². The number of rotatable bonds is 4. The van der Waals surface area contributed by atoms with Gasteiger partial charge in [-0.2, -0.15) is 5.26 Å². The third-order valence-corrected chi connectivity index (χ3v) is 9.27. The van der Waals surface area contributed by atoms with E-state index in [1.54, 1.807) is 6.20 Å². The van der Waals surface area contributed by atoms with Crippen molar-refractivity contribution in [1.82, 2.24) is 19.9 Å². The summed E-state index contributed by atoms with van der Waals surface area (Å²) in [4.78, 5) is 19.5. The highest BCUT2D eigenvalue weighted by Gasteiger charge is 2.45. The standard InChI is InChI=1S/C39H29N5/c40-24-26-14-19-31-34(23-26)39(20-5-2-6-21-39)33-13-7-12-32(35(31)33)38-43-36(28-9-3-1-4-10-28)42-37(44-38)29-17-15-27(16-18-29)30-11-8-22-41-25-30/h1,3-4,7-19,22-23,25H,2,5-6,20-21H2. The van der Waals surface area contributed by atoms with Crippen LogP contribution in [-0.4, -0.2) is 19.9 Å². The number of pyridine rings is 1. The van der Waals surface area contributed by atoms with E-state index in [0.29, 0.717) is 23.0 Å². The lowest BCUT2D eigenvalue weighted by Crippen LogP contribution is -2.28. The number of hydrogen-bond donors (Lipinski definition) is 0. The molecule has 1 spiro atoms. The van der Waals surface area contributed by atoms with Crippen LogP contribution in [0, 0.1) is 11.3 Å². The molecule has 1 fully saturated rings. The average molecular weight is 568 g/mol. The van der Waals surface area contributed by atoms with Gasteiger partial charge in [-0.3, -0.25) is 4.98 Å². The predicted molar refractivity (Wildman–Crippen MR) is 173 cm³/mol. The summed E-state index contributed by atoms with van der Waals surface area (Å²) in [7, 11) is 0. The first kappa shape index (κ1) is 26.2. The molecule has 8 rings (SSSR count). The van der Waals surface area contributed by atoms with Crippen LogP contribution in [0.1, 0.15) is 48.8 Å². The molecule has 1 saturated carbocycles. The van der Waals surface area contributed by atoms with Crippen LogP contribution in [0.5, 0.6) is 0 Å². The first-order chi connectivity index (χ1) is 21.7. The van der Waals surface area contributed by atoms with Crippen molar-refractivity contribution in [3.63, 3.8) is 0 Å². The monoisotopic (exact) mass is 567 g/mol. The van der Waals surface area contributed by atoms with Gasteiger partial charge >= 0.3 is 0 Å². The van der Waals surface area contributed by atoms with Crippen molar-refractivity contribution in [3.05, 3.63) is 132 Å². The minimum absolute atomic E-state index is 0.0773. The topological polar surface area (TPSA) is 75.3 Å². The lowest BCUT2D eigenvalue weighted by Gasteiger charge is -2.36. The fourth-order valence-corrected chi connectivity index (χ4v) is 7.18. The molecule has 2 aliphatic carbocycles. The molecule has 5 heteroatoms. The Hall–Kier alpha value is -5.47. The van der Waals surface area contributed by atoms with E-state index < -0.39 is 0 Å². The summed E-state index contributed by atoms with van der Waals surface area (Å²) in [5, 5.41) is 9.78. The summed E-state index contributed by atoms with van der Waals surface area (Å²) in [6.07, 6.45) is 9.45. The summed E-state index contributed by atoms with van der Waals surface area (Å²) in [6.45, 7) is 0. The number of nitriles is 1. The fraction of sp³-hybridized carbons (Fsp3) is 0.154. The normalized spacial score (nSPS) is 14.5. The zero-order chi connectivity index (χ0) is 29.5. The van der Waals surface area contributed by atoms with Crippen molar-refractivity contribution in [2.45, 2.75) is 37.5 Å². The summed E-state index contributed by atoms with van der Waals surface area (Å²) in [6, 6.07) is 37.6. The zero-order valence-corrected chi connectivity index (χ0v) is 24.2. The molecule has 0 aliphatic heterocycles. The van der Waals surface area contributed by atoms with Crippen molar-refractivity contribution in [1.29, 1.82) is 5.26 Å². The van der Waals surface area contributed by atoms with Gasteiger partial charge in [-0.05, 0) is 64.4 Å². The maximum Gasteiger partial charge on any atom is 0.164 e. The van der Waals surface area contributed by atoms with Crippen LogP contribution in [0.15, 0.2) is 116 Å². The van der Waals surface area contributed by atoms with Crippen LogP contribution in [0.4, 0.5) is 0 Å². The fourth-order valence-electron chi connectivity index (χ4n) is 7.18. The number of benzene rings is 4. The van der Waals surface area contributed by atoms with Crippen LogP contribution in [-0.2, 0) is 5.41 Å². The lowest BCUT2D eigenvalue weighted by molar-refractivity contribution is 0.353. The maximum atomic E-state index is 9.78. The largest absolute Gasteiger partial charge is 0.264 e. The molecule has 2 heterocycles. The van der Waals surface area contributed by atoms with Gasteiger partial charge in [-0.15, -0.1) is 0 Å². The Morgan fingerprint density at radius 3 is 2.00 bits per heavy atom. The van der Waals surface area contributed by atoms with Gasteiger partial charge in [0.25, 0.3) is 0 Å². The van der Waals surface area contributed by atoms with Gasteiger partial charge in [0.2, 0.25) is 0 Å². The van der Waals surface area contributed by atoms with E-state index in [1.807, 2.05) is 48.7 Å². The van der Waals surface area contributed by atoms with Gasteiger partial charge in [0.15, 0.2) is 17.5 Å². The first-order valence-electron chi connectivity index (χ1n) is 15.2. The summed E-state index contributed by atoms with van der Waals surface area (Å²) < 4.78 is 0. The second kappa shape index (κ2) is 10.7. The average Bonchev–Trinajstić information content (AvgIpc) is 3.37. The molecule has 0 N–H and O–H groups in total. The third kappa shape index (κ3) is 4.30. The summed E-state index contributed by atoms with van der Waals surface area (Å²) in [5.41, 5.74) is 10.7. The van der Waals surface area contributed by atoms with Crippen LogP contribution in [0.2, 0.25) is 0 Å². The second-order valence-electron chi connectivity index (χ2n) is 11.7. The second-order valence-corrected chi connectivity index (χ2v) is 11.7. The van der Waals surface area contributed by atoms with Crippen LogP contribution < -0.4 is 0 Å². The summed E-state index contributed by atoms with van der Waals surface area (Å²) in [5.74, 6) is 1.93. The quantitative estimate of drug-likeness (QED) is 0.212. The van der Waals surface area contributed by atoms with Crippen molar-refractivity contribution in [3.8, 4) is 62.5 Å². The maximum absolute atomic E-state index is 9.78. The molecule has 6 aromatic rings. The van der Waals surface area contributed by atoms with Gasteiger partial charge in [0.05, 0.1) is 11.6 Å². The molecule has 2 aromatic heterocycles. The molecule has 210 valence electrons. The number of aromatic nitrogens is 4. The Balaban J connectivity index is 1.32. The van der Waals surface area contributed by atoms with Crippen molar-refractivity contribution >= 4 is 0 Å². The number of fused-ring (bicyclic) bond motifs is 5. The molecule has 0 unspecified atom stereocenters. The van der Waals surface area contributed by atoms with E-state index in [1.165, 1.54) is 41.5 Å². The van der Waals surface area contributed by atoms with E-state index >= 15 is 0 Å². The van der Waals surface area contributed by atoms with Gasteiger partial charge in [0, 0.05) is 34.5 Å². The van der Waals surface area contributed by atoms with Crippen molar-refractivity contribution < 1.29 is 0 Å². The molecule has 5 nitrogen and oxygen atoms in total. The zero-order valence-electron chi connectivity index (χ0n) is 24.2.